The van der Waals surface area contributed by atoms with Crippen LogP contribution in [0.4, 0.5) is 0 Å². The summed E-state index contributed by atoms with van der Waals surface area (Å²) in [6, 6.07) is 21.7. The van der Waals surface area contributed by atoms with E-state index in [4.69, 9.17) is 9.72 Å². The first-order valence-corrected chi connectivity index (χ1v) is 10.2. The van der Waals surface area contributed by atoms with Crippen LogP contribution in [0.25, 0.3) is 33.2 Å². The standard InChI is InChI=1S/C27H23NO/c1-26(2)21-10-7-15-28-24(21)19-13-14-20-22(23(19)26)18-12-11-16-8-5-6-9-17(16)25(18)29-27(20,3)4/h5-15H,1-4H3. The SMILES string of the molecule is CC1(C)Oc2c(ccc3ccccc23)-c2c1ccc1c2C(C)(C)c2cccnc2-1. The van der Waals surface area contributed by atoms with Crippen molar-refractivity contribution < 1.29 is 4.74 Å². The van der Waals surface area contributed by atoms with Crippen molar-refractivity contribution in [2.45, 2.75) is 38.7 Å². The van der Waals surface area contributed by atoms with Crippen LogP contribution in [-0.2, 0) is 11.0 Å². The van der Waals surface area contributed by atoms with Gasteiger partial charge in [0.25, 0.3) is 0 Å². The summed E-state index contributed by atoms with van der Waals surface area (Å²) in [4.78, 5) is 4.76. The van der Waals surface area contributed by atoms with Crippen molar-refractivity contribution in [2.24, 2.45) is 0 Å². The molecule has 0 fully saturated rings. The number of pyridine rings is 1. The van der Waals surface area contributed by atoms with Gasteiger partial charge in [-0.2, -0.15) is 0 Å². The van der Waals surface area contributed by atoms with E-state index in [-0.39, 0.29) is 5.41 Å². The monoisotopic (exact) mass is 377 g/mol. The molecule has 0 spiro atoms. The molecular formula is C27H23NO. The lowest BCUT2D eigenvalue weighted by Crippen LogP contribution is -2.31. The number of aromatic nitrogens is 1. The topological polar surface area (TPSA) is 22.1 Å². The summed E-state index contributed by atoms with van der Waals surface area (Å²) in [7, 11) is 0. The fraction of sp³-hybridized carbons (Fsp3) is 0.222. The molecule has 3 aromatic carbocycles. The minimum absolute atomic E-state index is 0.111. The van der Waals surface area contributed by atoms with E-state index in [9.17, 15) is 0 Å². The van der Waals surface area contributed by atoms with Gasteiger partial charge in [0, 0.05) is 33.7 Å². The molecule has 2 heterocycles. The first kappa shape index (κ1) is 16.8. The van der Waals surface area contributed by atoms with Crippen molar-refractivity contribution in [1.29, 1.82) is 0 Å². The number of hydrogen-bond acceptors (Lipinski definition) is 2. The van der Waals surface area contributed by atoms with Gasteiger partial charge in [-0.25, -0.2) is 0 Å². The van der Waals surface area contributed by atoms with E-state index in [2.05, 4.69) is 82.3 Å². The van der Waals surface area contributed by atoms with Gasteiger partial charge in [0.2, 0.25) is 0 Å². The van der Waals surface area contributed by atoms with E-state index in [0.29, 0.717) is 0 Å². The normalized spacial score (nSPS) is 17.1. The highest BCUT2D eigenvalue weighted by Gasteiger charge is 2.43. The Labute approximate surface area is 171 Å². The van der Waals surface area contributed by atoms with Gasteiger partial charge in [-0.15, -0.1) is 0 Å². The Morgan fingerprint density at radius 2 is 1.55 bits per heavy atom. The third kappa shape index (κ3) is 2.04. The maximum Gasteiger partial charge on any atom is 0.136 e. The summed E-state index contributed by atoms with van der Waals surface area (Å²) in [5, 5.41) is 2.38. The van der Waals surface area contributed by atoms with Gasteiger partial charge in [0.05, 0.1) is 5.69 Å². The Morgan fingerprint density at radius 1 is 0.759 bits per heavy atom. The van der Waals surface area contributed by atoms with E-state index in [1.165, 1.54) is 44.2 Å². The molecule has 1 aromatic heterocycles. The first-order chi connectivity index (χ1) is 13.9. The van der Waals surface area contributed by atoms with Gasteiger partial charge in [0.1, 0.15) is 11.4 Å². The lowest BCUT2D eigenvalue weighted by atomic mass is 9.74. The molecule has 6 rings (SSSR count). The molecule has 0 radical (unpaired) electrons. The molecule has 1 aliphatic carbocycles. The zero-order valence-electron chi connectivity index (χ0n) is 17.2. The second-order valence-electron chi connectivity index (χ2n) is 9.21. The van der Waals surface area contributed by atoms with Gasteiger partial charge in [-0.3, -0.25) is 4.98 Å². The number of ether oxygens (including phenoxy) is 1. The van der Waals surface area contributed by atoms with Crippen LogP contribution in [0.1, 0.15) is 44.4 Å². The van der Waals surface area contributed by atoms with E-state index in [1.54, 1.807) is 0 Å². The van der Waals surface area contributed by atoms with Crippen molar-refractivity contribution in [3.63, 3.8) is 0 Å². The zero-order valence-corrected chi connectivity index (χ0v) is 17.2. The van der Waals surface area contributed by atoms with E-state index in [0.717, 1.165) is 11.4 Å². The first-order valence-electron chi connectivity index (χ1n) is 10.2. The van der Waals surface area contributed by atoms with Crippen molar-refractivity contribution >= 4 is 10.8 Å². The van der Waals surface area contributed by atoms with Crippen LogP contribution in [0.3, 0.4) is 0 Å². The van der Waals surface area contributed by atoms with Crippen LogP contribution in [0.5, 0.6) is 5.75 Å². The van der Waals surface area contributed by atoms with E-state index < -0.39 is 5.60 Å². The molecule has 2 heteroatoms. The number of hydrogen-bond donors (Lipinski definition) is 0. The minimum atomic E-state index is -0.403. The summed E-state index contributed by atoms with van der Waals surface area (Å²) < 4.78 is 6.65. The molecule has 2 nitrogen and oxygen atoms in total. The van der Waals surface area contributed by atoms with Crippen molar-refractivity contribution in [1.82, 2.24) is 4.98 Å². The molecule has 0 saturated carbocycles. The average Bonchev–Trinajstić information content (AvgIpc) is 2.95. The number of nitrogens with zero attached hydrogens (tertiary/aromatic N) is 1. The highest BCUT2D eigenvalue weighted by molar-refractivity contribution is 5.99. The zero-order chi connectivity index (χ0) is 20.0. The van der Waals surface area contributed by atoms with Gasteiger partial charge < -0.3 is 4.74 Å². The third-order valence-electron chi connectivity index (χ3n) is 6.72. The predicted octanol–water partition coefficient (Wildman–Crippen LogP) is 6.84. The molecule has 1 aliphatic heterocycles. The van der Waals surface area contributed by atoms with Crippen molar-refractivity contribution in [3.8, 4) is 28.1 Å². The van der Waals surface area contributed by atoms with Crippen LogP contribution in [0.2, 0.25) is 0 Å². The molecule has 29 heavy (non-hydrogen) atoms. The largest absolute Gasteiger partial charge is 0.482 e. The van der Waals surface area contributed by atoms with Gasteiger partial charge >= 0.3 is 0 Å². The molecule has 4 aromatic rings. The molecule has 142 valence electrons. The molecule has 0 amide bonds. The Hall–Kier alpha value is -3.13. The quantitative estimate of drug-likeness (QED) is 0.335. The molecular weight excluding hydrogens is 354 g/mol. The van der Waals surface area contributed by atoms with Gasteiger partial charge in [0.15, 0.2) is 0 Å². The maximum absolute atomic E-state index is 6.65. The Kier molecular flexibility index (Phi) is 3.05. The molecule has 0 unspecified atom stereocenters. The van der Waals surface area contributed by atoms with Crippen LogP contribution < -0.4 is 4.74 Å². The Morgan fingerprint density at radius 3 is 2.41 bits per heavy atom. The Balaban J connectivity index is 1.78. The second kappa shape index (κ2) is 5.27. The highest BCUT2D eigenvalue weighted by atomic mass is 16.5. The molecule has 2 aliphatic rings. The van der Waals surface area contributed by atoms with Crippen LogP contribution in [0.15, 0.2) is 66.9 Å². The van der Waals surface area contributed by atoms with Crippen molar-refractivity contribution in [3.05, 3.63) is 83.6 Å². The van der Waals surface area contributed by atoms with Crippen LogP contribution in [-0.4, -0.2) is 4.98 Å². The van der Waals surface area contributed by atoms with E-state index in [1.807, 2.05) is 12.3 Å². The summed E-state index contributed by atoms with van der Waals surface area (Å²) in [6.45, 7) is 9.00. The van der Waals surface area contributed by atoms with Crippen molar-refractivity contribution in [2.75, 3.05) is 0 Å². The number of benzene rings is 3. The molecule has 0 atom stereocenters. The smallest absolute Gasteiger partial charge is 0.136 e. The van der Waals surface area contributed by atoms with Crippen LogP contribution in [0, 0.1) is 0 Å². The number of rotatable bonds is 0. The summed E-state index contributed by atoms with van der Waals surface area (Å²) in [5.41, 5.74) is 8.29. The second-order valence-corrected chi connectivity index (χ2v) is 9.21. The van der Waals surface area contributed by atoms with Gasteiger partial charge in [-0.1, -0.05) is 62.4 Å². The van der Waals surface area contributed by atoms with Crippen LogP contribution >= 0.6 is 0 Å². The lowest BCUT2D eigenvalue weighted by molar-refractivity contribution is 0.108. The number of fused-ring (bicyclic) bond motifs is 9. The lowest BCUT2D eigenvalue weighted by Gasteiger charge is -2.38. The van der Waals surface area contributed by atoms with E-state index >= 15 is 0 Å². The molecule has 0 saturated heterocycles. The average molecular weight is 377 g/mol. The third-order valence-corrected chi connectivity index (χ3v) is 6.72. The fourth-order valence-electron chi connectivity index (χ4n) is 5.35. The summed E-state index contributed by atoms with van der Waals surface area (Å²) in [5.74, 6) is 0.994. The minimum Gasteiger partial charge on any atom is -0.482 e. The summed E-state index contributed by atoms with van der Waals surface area (Å²) in [6.07, 6.45) is 1.90. The molecule has 0 bridgehead atoms. The highest BCUT2D eigenvalue weighted by Crippen LogP contribution is 2.57. The van der Waals surface area contributed by atoms with Gasteiger partial charge in [-0.05, 0) is 48.1 Å². The summed E-state index contributed by atoms with van der Waals surface area (Å²) >= 11 is 0. The Bertz CT molecular complexity index is 1330. The maximum atomic E-state index is 6.65. The molecule has 0 N–H and O–H groups in total. The fourth-order valence-corrected chi connectivity index (χ4v) is 5.35. The predicted molar refractivity (Wildman–Crippen MR) is 118 cm³/mol.